The van der Waals surface area contributed by atoms with Gasteiger partial charge in [-0.2, -0.15) is 5.26 Å². The van der Waals surface area contributed by atoms with Crippen LogP contribution in [0.15, 0.2) is 53.4 Å². The Morgan fingerprint density at radius 2 is 1.65 bits per heavy atom. The van der Waals surface area contributed by atoms with Crippen LogP contribution in [0.3, 0.4) is 0 Å². The number of anilines is 1. The normalized spacial score (nSPS) is 11.0. The van der Waals surface area contributed by atoms with Gasteiger partial charge in [0.15, 0.2) is 0 Å². The topological polar surface area (TPSA) is 70.0 Å². The maximum atomic E-state index is 12.4. The second-order valence-corrected chi connectivity index (χ2v) is 7.08. The molecule has 4 nitrogen and oxygen atoms in total. The van der Waals surface area contributed by atoms with Gasteiger partial charge in [-0.05, 0) is 54.8 Å². The van der Waals surface area contributed by atoms with Crippen molar-refractivity contribution in [3.05, 3.63) is 59.7 Å². The molecule has 1 N–H and O–H groups in total. The van der Waals surface area contributed by atoms with Gasteiger partial charge in [0.25, 0.3) is 10.0 Å². The van der Waals surface area contributed by atoms with Crippen LogP contribution in [-0.4, -0.2) is 8.42 Å². The van der Waals surface area contributed by atoms with E-state index in [0.29, 0.717) is 11.3 Å². The Balaban J connectivity index is 2.08. The van der Waals surface area contributed by atoms with Crippen LogP contribution >= 0.6 is 0 Å². The summed E-state index contributed by atoms with van der Waals surface area (Å²) in [6, 6.07) is 15.3. The number of aryl methyl sites for hydroxylation is 1. The van der Waals surface area contributed by atoms with Crippen molar-refractivity contribution in [2.45, 2.75) is 37.5 Å². The van der Waals surface area contributed by atoms with Crippen molar-refractivity contribution in [2.75, 3.05) is 4.72 Å². The van der Waals surface area contributed by atoms with E-state index in [2.05, 4.69) is 11.6 Å². The van der Waals surface area contributed by atoms with Gasteiger partial charge in [0.2, 0.25) is 0 Å². The fourth-order valence-corrected chi connectivity index (χ4v) is 3.30. The molecule has 0 fully saturated rings. The van der Waals surface area contributed by atoms with Gasteiger partial charge in [0.1, 0.15) is 0 Å². The molecule has 0 aliphatic rings. The summed E-state index contributed by atoms with van der Waals surface area (Å²) in [5, 5.41) is 8.75. The zero-order valence-corrected chi connectivity index (χ0v) is 13.9. The van der Waals surface area contributed by atoms with Crippen LogP contribution < -0.4 is 4.72 Å². The number of hydrogen-bond donors (Lipinski definition) is 1. The Kier molecular flexibility index (Phi) is 5.78. The summed E-state index contributed by atoms with van der Waals surface area (Å²) >= 11 is 0. The van der Waals surface area contributed by atoms with Crippen LogP contribution in [-0.2, 0) is 16.4 Å². The standard InChI is InChI=1S/C18H20N2O2S/c1-2-3-4-5-15-8-12-18(13-9-15)23(21,22)20-17-10-6-16(14-19)7-11-17/h6-13,20H,2-5H2,1H3. The highest BCUT2D eigenvalue weighted by molar-refractivity contribution is 7.92. The molecule has 2 aromatic carbocycles. The van der Waals surface area contributed by atoms with E-state index < -0.39 is 10.0 Å². The Morgan fingerprint density at radius 3 is 2.22 bits per heavy atom. The predicted molar refractivity (Wildman–Crippen MR) is 91.6 cm³/mol. The minimum absolute atomic E-state index is 0.237. The molecule has 0 spiro atoms. The van der Waals surface area contributed by atoms with E-state index in [0.717, 1.165) is 18.4 Å². The van der Waals surface area contributed by atoms with Crippen LogP contribution in [0.1, 0.15) is 37.3 Å². The number of nitrogens with one attached hydrogen (secondary N) is 1. The van der Waals surface area contributed by atoms with E-state index in [9.17, 15) is 8.42 Å². The summed E-state index contributed by atoms with van der Waals surface area (Å²) in [5.74, 6) is 0. The first-order valence-electron chi connectivity index (χ1n) is 7.67. The van der Waals surface area contributed by atoms with Crippen LogP contribution in [0.4, 0.5) is 5.69 Å². The van der Waals surface area contributed by atoms with Gasteiger partial charge in [-0.1, -0.05) is 31.9 Å². The third kappa shape index (κ3) is 4.83. The number of hydrogen-bond acceptors (Lipinski definition) is 3. The third-order valence-electron chi connectivity index (χ3n) is 3.57. The number of nitrogens with zero attached hydrogens (tertiary/aromatic N) is 1. The Hall–Kier alpha value is -2.32. The maximum Gasteiger partial charge on any atom is 0.261 e. The first-order valence-corrected chi connectivity index (χ1v) is 9.15. The van der Waals surface area contributed by atoms with E-state index in [1.807, 2.05) is 18.2 Å². The molecule has 5 heteroatoms. The van der Waals surface area contributed by atoms with Crippen molar-refractivity contribution in [3.8, 4) is 6.07 Å². The number of nitriles is 1. The van der Waals surface area contributed by atoms with E-state index in [1.165, 1.54) is 12.8 Å². The van der Waals surface area contributed by atoms with Gasteiger partial charge in [0.05, 0.1) is 16.5 Å². The lowest BCUT2D eigenvalue weighted by atomic mass is 10.1. The molecule has 120 valence electrons. The minimum atomic E-state index is -3.61. The highest BCUT2D eigenvalue weighted by atomic mass is 32.2. The van der Waals surface area contributed by atoms with Crippen LogP contribution in [0.5, 0.6) is 0 Å². The average Bonchev–Trinajstić information content (AvgIpc) is 2.56. The summed E-state index contributed by atoms with van der Waals surface area (Å²) in [6.45, 7) is 2.16. The van der Waals surface area contributed by atoms with Gasteiger partial charge >= 0.3 is 0 Å². The van der Waals surface area contributed by atoms with Crippen molar-refractivity contribution in [2.24, 2.45) is 0 Å². The number of unbranched alkanes of at least 4 members (excludes halogenated alkanes) is 2. The molecule has 0 amide bonds. The summed E-state index contributed by atoms with van der Waals surface area (Å²) in [5.41, 5.74) is 2.08. The van der Waals surface area contributed by atoms with Crippen LogP contribution in [0.25, 0.3) is 0 Å². The zero-order valence-electron chi connectivity index (χ0n) is 13.1. The maximum absolute atomic E-state index is 12.4. The van der Waals surface area contributed by atoms with E-state index in [1.54, 1.807) is 36.4 Å². The Bertz CT molecular complexity index is 773. The molecule has 0 saturated carbocycles. The summed E-state index contributed by atoms with van der Waals surface area (Å²) in [7, 11) is -3.61. The average molecular weight is 328 g/mol. The molecule has 23 heavy (non-hydrogen) atoms. The number of benzene rings is 2. The van der Waals surface area contributed by atoms with Crippen LogP contribution in [0.2, 0.25) is 0 Å². The summed E-state index contributed by atoms with van der Waals surface area (Å²) in [4.78, 5) is 0.237. The highest BCUT2D eigenvalue weighted by Crippen LogP contribution is 2.18. The van der Waals surface area contributed by atoms with Crippen molar-refractivity contribution >= 4 is 15.7 Å². The molecule has 0 saturated heterocycles. The predicted octanol–water partition coefficient (Wildman–Crippen LogP) is 4.09. The van der Waals surface area contributed by atoms with Gasteiger partial charge in [-0.15, -0.1) is 0 Å². The van der Waals surface area contributed by atoms with E-state index in [-0.39, 0.29) is 4.90 Å². The zero-order chi connectivity index (χ0) is 16.7. The van der Waals surface area contributed by atoms with Gasteiger partial charge in [0, 0.05) is 5.69 Å². The third-order valence-corrected chi connectivity index (χ3v) is 4.97. The van der Waals surface area contributed by atoms with Gasteiger partial charge in [-0.25, -0.2) is 8.42 Å². The fraction of sp³-hybridized carbons (Fsp3) is 0.278. The summed E-state index contributed by atoms with van der Waals surface area (Å²) < 4.78 is 27.2. The smallest absolute Gasteiger partial charge is 0.261 e. The first kappa shape index (κ1) is 17.0. The Morgan fingerprint density at radius 1 is 1.00 bits per heavy atom. The molecule has 0 aromatic heterocycles. The number of rotatable bonds is 7. The SMILES string of the molecule is CCCCCc1ccc(S(=O)(=O)Nc2ccc(C#N)cc2)cc1. The lowest BCUT2D eigenvalue weighted by Gasteiger charge is -2.09. The van der Waals surface area contributed by atoms with Crippen molar-refractivity contribution in [1.82, 2.24) is 0 Å². The van der Waals surface area contributed by atoms with E-state index in [4.69, 9.17) is 5.26 Å². The summed E-state index contributed by atoms with van der Waals surface area (Å²) in [6.07, 6.45) is 4.44. The van der Waals surface area contributed by atoms with Crippen LogP contribution in [0, 0.1) is 11.3 Å². The van der Waals surface area contributed by atoms with E-state index >= 15 is 0 Å². The minimum Gasteiger partial charge on any atom is -0.280 e. The van der Waals surface area contributed by atoms with Crippen molar-refractivity contribution in [1.29, 1.82) is 5.26 Å². The van der Waals surface area contributed by atoms with Crippen molar-refractivity contribution in [3.63, 3.8) is 0 Å². The van der Waals surface area contributed by atoms with Gasteiger partial charge < -0.3 is 0 Å². The fourth-order valence-electron chi connectivity index (χ4n) is 2.24. The largest absolute Gasteiger partial charge is 0.280 e. The molecule has 0 atom stereocenters. The molecule has 0 heterocycles. The number of sulfonamides is 1. The van der Waals surface area contributed by atoms with Gasteiger partial charge in [-0.3, -0.25) is 4.72 Å². The molecule has 0 bridgehead atoms. The first-order chi connectivity index (χ1) is 11.0. The second-order valence-electron chi connectivity index (χ2n) is 5.40. The molecule has 0 radical (unpaired) electrons. The Labute approximate surface area is 137 Å². The molecule has 2 rings (SSSR count). The van der Waals surface area contributed by atoms with Crippen molar-refractivity contribution < 1.29 is 8.42 Å². The molecule has 2 aromatic rings. The molecular weight excluding hydrogens is 308 g/mol. The lowest BCUT2D eigenvalue weighted by Crippen LogP contribution is -2.12. The monoisotopic (exact) mass is 328 g/mol. The molecule has 0 aliphatic carbocycles. The highest BCUT2D eigenvalue weighted by Gasteiger charge is 2.13. The molecule has 0 unspecified atom stereocenters. The molecular formula is C18H20N2O2S. The second kappa shape index (κ2) is 7.80. The molecule has 0 aliphatic heterocycles. The lowest BCUT2D eigenvalue weighted by molar-refractivity contribution is 0.601. The quantitative estimate of drug-likeness (QED) is 0.778.